The zero-order valence-electron chi connectivity index (χ0n) is 8.12. The van der Waals surface area contributed by atoms with Gasteiger partial charge in [0, 0.05) is 5.69 Å². The van der Waals surface area contributed by atoms with Crippen LogP contribution in [-0.4, -0.2) is 13.2 Å². The number of benzene rings is 1. The molecule has 0 heterocycles. The summed E-state index contributed by atoms with van der Waals surface area (Å²) in [6.45, 7) is 3.65. The van der Waals surface area contributed by atoms with E-state index in [0.29, 0.717) is 0 Å². The molecule has 0 aromatic heterocycles. The summed E-state index contributed by atoms with van der Waals surface area (Å²) < 4.78 is 4.51. The van der Waals surface area contributed by atoms with Crippen molar-refractivity contribution in [2.45, 2.75) is 6.42 Å². The molecule has 0 aliphatic rings. The van der Waals surface area contributed by atoms with Gasteiger partial charge in [-0.1, -0.05) is 24.3 Å². The van der Waals surface area contributed by atoms with Gasteiger partial charge in [-0.2, -0.15) is 0 Å². The van der Waals surface area contributed by atoms with Gasteiger partial charge in [0.05, 0.1) is 7.11 Å². The average molecular weight is 191 g/mol. The molecule has 0 spiro atoms. The minimum absolute atomic E-state index is 0.457. The summed E-state index contributed by atoms with van der Waals surface area (Å²) in [6.07, 6.45) is 2.05. The first-order valence-corrected chi connectivity index (χ1v) is 4.31. The van der Waals surface area contributed by atoms with Gasteiger partial charge in [0.2, 0.25) is 0 Å². The van der Waals surface area contributed by atoms with Gasteiger partial charge in [-0.15, -0.1) is 6.58 Å². The number of nitrogens with one attached hydrogen (secondary N) is 1. The van der Waals surface area contributed by atoms with Crippen molar-refractivity contribution in [1.29, 1.82) is 0 Å². The maximum atomic E-state index is 11.0. The number of rotatable bonds is 3. The van der Waals surface area contributed by atoms with Gasteiger partial charge in [-0.05, 0) is 18.1 Å². The first kappa shape index (κ1) is 10.3. The predicted molar refractivity (Wildman–Crippen MR) is 56.4 cm³/mol. The van der Waals surface area contributed by atoms with Crippen molar-refractivity contribution in [3.63, 3.8) is 0 Å². The molecule has 0 aliphatic carbocycles. The fourth-order valence-corrected chi connectivity index (χ4v) is 1.14. The SMILES string of the molecule is C=CCc1ccccc1NC(=O)OC. The second kappa shape index (κ2) is 5.07. The van der Waals surface area contributed by atoms with Crippen LogP contribution in [0.15, 0.2) is 36.9 Å². The molecular weight excluding hydrogens is 178 g/mol. The van der Waals surface area contributed by atoms with E-state index >= 15 is 0 Å². The molecule has 1 aromatic carbocycles. The number of hydrogen-bond donors (Lipinski definition) is 1. The highest BCUT2D eigenvalue weighted by Crippen LogP contribution is 2.15. The van der Waals surface area contributed by atoms with E-state index in [4.69, 9.17) is 0 Å². The molecule has 0 radical (unpaired) electrons. The Bertz CT molecular complexity index is 334. The van der Waals surface area contributed by atoms with E-state index in [1.165, 1.54) is 7.11 Å². The Morgan fingerprint density at radius 2 is 2.29 bits per heavy atom. The lowest BCUT2D eigenvalue weighted by molar-refractivity contribution is 0.187. The lowest BCUT2D eigenvalue weighted by atomic mass is 10.1. The van der Waals surface area contributed by atoms with Crippen molar-refractivity contribution >= 4 is 11.8 Å². The maximum Gasteiger partial charge on any atom is 0.411 e. The van der Waals surface area contributed by atoms with Crippen molar-refractivity contribution in [3.05, 3.63) is 42.5 Å². The molecule has 74 valence electrons. The van der Waals surface area contributed by atoms with Gasteiger partial charge < -0.3 is 4.74 Å². The van der Waals surface area contributed by atoms with Crippen LogP contribution >= 0.6 is 0 Å². The molecule has 1 aromatic rings. The third-order valence-electron chi connectivity index (χ3n) is 1.80. The van der Waals surface area contributed by atoms with Crippen LogP contribution in [-0.2, 0) is 11.2 Å². The first-order chi connectivity index (χ1) is 6.77. The summed E-state index contributed by atoms with van der Waals surface area (Å²) in [5.41, 5.74) is 1.78. The van der Waals surface area contributed by atoms with Crippen molar-refractivity contribution in [1.82, 2.24) is 0 Å². The summed E-state index contributed by atoms with van der Waals surface area (Å²) >= 11 is 0. The predicted octanol–water partition coefficient (Wildman–Crippen LogP) is 2.59. The summed E-state index contributed by atoms with van der Waals surface area (Å²) in [4.78, 5) is 11.0. The number of methoxy groups -OCH3 is 1. The van der Waals surface area contributed by atoms with E-state index in [1.807, 2.05) is 24.3 Å². The highest BCUT2D eigenvalue weighted by molar-refractivity contribution is 5.85. The highest BCUT2D eigenvalue weighted by Gasteiger charge is 2.03. The molecule has 1 amide bonds. The fraction of sp³-hybridized carbons (Fsp3) is 0.182. The lowest BCUT2D eigenvalue weighted by Crippen LogP contribution is -2.12. The van der Waals surface area contributed by atoms with E-state index in [0.717, 1.165) is 17.7 Å². The Labute approximate surface area is 83.4 Å². The van der Waals surface area contributed by atoms with Crippen LogP contribution in [0.2, 0.25) is 0 Å². The smallest absolute Gasteiger partial charge is 0.411 e. The number of amides is 1. The number of hydrogen-bond acceptors (Lipinski definition) is 2. The van der Waals surface area contributed by atoms with E-state index < -0.39 is 6.09 Å². The zero-order chi connectivity index (χ0) is 10.4. The molecule has 0 fully saturated rings. The average Bonchev–Trinajstić information content (AvgIpc) is 2.21. The normalized spacial score (nSPS) is 9.21. The summed E-state index contributed by atoms with van der Waals surface area (Å²) in [7, 11) is 1.34. The number of allylic oxidation sites excluding steroid dienone is 1. The number of anilines is 1. The van der Waals surface area contributed by atoms with Gasteiger partial charge in [-0.25, -0.2) is 4.79 Å². The Morgan fingerprint density at radius 3 is 2.93 bits per heavy atom. The number of ether oxygens (including phenoxy) is 1. The maximum absolute atomic E-state index is 11.0. The molecule has 1 rings (SSSR count). The Hall–Kier alpha value is -1.77. The second-order valence-electron chi connectivity index (χ2n) is 2.77. The molecule has 0 saturated carbocycles. The highest BCUT2D eigenvalue weighted by atomic mass is 16.5. The summed E-state index contributed by atoms with van der Waals surface area (Å²) in [5.74, 6) is 0. The minimum Gasteiger partial charge on any atom is -0.453 e. The minimum atomic E-state index is -0.457. The largest absolute Gasteiger partial charge is 0.453 e. The van der Waals surface area contributed by atoms with Crippen molar-refractivity contribution in [2.24, 2.45) is 0 Å². The Kier molecular flexibility index (Phi) is 3.73. The van der Waals surface area contributed by atoms with Crippen molar-refractivity contribution in [3.8, 4) is 0 Å². The Balaban J connectivity index is 2.83. The lowest BCUT2D eigenvalue weighted by Gasteiger charge is -2.07. The molecule has 0 unspecified atom stereocenters. The summed E-state index contributed by atoms with van der Waals surface area (Å²) in [6, 6.07) is 7.54. The molecule has 0 saturated heterocycles. The van der Waals surface area contributed by atoms with Crippen LogP contribution < -0.4 is 5.32 Å². The molecule has 14 heavy (non-hydrogen) atoms. The van der Waals surface area contributed by atoms with Gasteiger partial charge in [0.25, 0.3) is 0 Å². The van der Waals surface area contributed by atoms with Crippen molar-refractivity contribution < 1.29 is 9.53 Å². The second-order valence-corrected chi connectivity index (χ2v) is 2.77. The molecular formula is C11H13NO2. The van der Waals surface area contributed by atoms with E-state index in [2.05, 4.69) is 16.6 Å². The molecule has 0 bridgehead atoms. The van der Waals surface area contributed by atoms with Gasteiger partial charge in [0.1, 0.15) is 0 Å². The third kappa shape index (κ3) is 2.62. The van der Waals surface area contributed by atoms with Crippen LogP contribution in [0.4, 0.5) is 10.5 Å². The van der Waals surface area contributed by atoms with E-state index in [-0.39, 0.29) is 0 Å². The quantitative estimate of drug-likeness (QED) is 0.746. The standard InChI is InChI=1S/C11H13NO2/c1-3-6-9-7-4-5-8-10(9)12-11(13)14-2/h3-5,7-8H,1,6H2,2H3,(H,12,13). The fourth-order valence-electron chi connectivity index (χ4n) is 1.14. The van der Waals surface area contributed by atoms with Crippen molar-refractivity contribution in [2.75, 3.05) is 12.4 Å². The molecule has 1 N–H and O–H groups in total. The van der Waals surface area contributed by atoms with Crippen LogP contribution in [0.1, 0.15) is 5.56 Å². The van der Waals surface area contributed by atoms with Crippen LogP contribution in [0, 0.1) is 0 Å². The zero-order valence-corrected chi connectivity index (χ0v) is 8.12. The molecule has 3 nitrogen and oxygen atoms in total. The topological polar surface area (TPSA) is 38.3 Å². The summed E-state index contributed by atoms with van der Waals surface area (Å²) in [5, 5.41) is 2.64. The number of carbonyl (C=O) groups excluding carboxylic acids is 1. The van der Waals surface area contributed by atoms with Gasteiger partial charge >= 0.3 is 6.09 Å². The van der Waals surface area contributed by atoms with Crippen LogP contribution in [0.25, 0.3) is 0 Å². The van der Waals surface area contributed by atoms with Crippen LogP contribution in [0.5, 0.6) is 0 Å². The molecule has 0 atom stereocenters. The molecule has 3 heteroatoms. The van der Waals surface area contributed by atoms with E-state index in [1.54, 1.807) is 6.08 Å². The van der Waals surface area contributed by atoms with Gasteiger partial charge in [-0.3, -0.25) is 5.32 Å². The third-order valence-corrected chi connectivity index (χ3v) is 1.80. The van der Waals surface area contributed by atoms with E-state index in [9.17, 15) is 4.79 Å². The monoisotopic (exact) mass is 191 g/mol. The molecule has 0 aliphatic heterocycles. The number of para-hydroxylation sites is 1. The number of carbonyl (C=O) groups is 1. The first-order valence-electron chi connectivity index (χ1n) is 4.31. The van der Waals surface area contributed by atoms with Crippen LogP contribution in [0.3, 0.4) is 0 Å². The Morgan fingerprint density at radius 1 is 1.57 bits per heavy atom. The van der Waals surface area contributed by atoms with Gasteiger partial charge in [0.15, 0.2) is 0 Å².